The van der Waals surface area contributed by atoms with Gasteiger partial charge in [0.05, 0.1) is 42.4 Å². The molecule has 0 aromatic heterocycles. The molecule has 1 saturated heterocycles. The second-order valence-corrected chi connectivity index (χ2v) is 17.9. The quantitative estimate of drug-likeness (QED) is 0.181. The molecule has 6 rings (SSSR count). The van der Waals surface area contributed by atoms with Gasteiger partial charge in [0.25, 0.3) is 0 Å². The third-order valence-corrected chi connectivity index (χ3v) is 15.9. The minimum absolute atomic E-state index is 0.0236. The Morgan fingerprint density at radius 2 is 1.56 bits per heavy atom. The van der Waals surface area contributed by atoms with Crippen molar-refractivity contribution in [1.29, 1.82) is 0 Å². The number of aliphatic hydroxyl groups is 6. The van der Waals surface area contributed by atoms with Gasteiger partial charge in [0.15, 0.2) is 0 Å². The zero-order chi connectivity index (χ0) is 37.0. The fourth-order valence-electron chi connectivity index (χ4n) is 12.7. The lowest BCUT2D eigenvalue weighted by Gasteiger charge is -2.71. The summed E-state index contributed by atoms with van der Waals surface area (Å²) in [5, 5.41) is 66.9. The van der Waals surface area contributed by atoms with Crippen LogP contribution >= 0.6 is 0 Å². The van der Waals surface area contributed by atoms with Gasteiger partial charge in [-0.1, -0.05) is 39.3 Å². The summed E-state index contributed by atoms with van der Waals surface area (Å²) in [4.78, 5) is 27.9. The van der Waals surface area contributed by atoms with E-state index < -0.39 is 88.0 Å². The number of aliphatic hydroxyl groups excluding tert-OH is 5. The van der Waals surface area contributed by atoms with Crippen molar-refractivity contribution in [2.45, 2.75) is 141 Å². The first-order valence-electron chi connectivity index (χ1n) is 18.5. The average Bonchev–Trinajstić information content (AvgIpc) is 3.06. The zero-order valence-corrected chi connectivity index (χ0v) is 30.9. The Kier molecular flexibility index (Phi) is 9.50. The topological polar surface area (TPSA) is 192 Å². The molecule has 6 aliphatic rings. The molecular formula is C38H60O12. The van der Waals surface area contributed by atoms with E-state index in [1.165, 1.54) is 14.2 Å². The van der Waals surface area contributed by atoms with Crippen LogP contribution in [0.4, 0.5) is 0 Å². The van der Waals surface area contributed by atoms with Crippen molar-refractivity contribution in [2.24, 2.45) is 50.7 Å². The first kappa shape index (κ1) is 38.1. The normalized spacial score (nSPS) is 54.6. The van der Waals surface area contributed by atoms with Crippen LogP contribution in [0, 0.1) is 50.7 Å². The minimum atomic E-state index is -1.68. The summed E-state index contributed by atoms with van der Waals surface area (Å²) in [5.41, 5.74) is -4.02. The fourth-order valence-corrected chi connectivity index (χ4v) is 12.7. The number of rotatable bonds is 5. The summed E-state index contributed by atoms with van der Waals surface area (Å²) >= 11 is 0. The summed E-state index contributed by atoms with van der Waals surface area (Å²) in [6.07, 6.45) is -3.06. The Bertz CT molecular complexity index is 1380. The maximum atomic E-state index is 14.6. The Labute approximate surface area is 295 Å². The monoisotopic (exact) mass is 708 g/mol. The van der Waals surface area contributed by atoms with Crippen LogP contribution in [0.2, 0.25) is 0 Å². The highest BCUT2D eigenvalue weighted by molar-refractivity contribution is 5.80. The van der Waals surface area contributed by atoms with Crippen LogP contribution in [0.15, 0.2) is 11.6 Å². The molecule has 0 radical (unpaired) electrons. The molecule has 12 heteroatoms. The van der Waals surface area contributed by atoms with Gasteiger partial charge in [-0.2, -0.15) is 0 Å². The first-order chi connectivity index (χ1) is 23.2. The predicted molar refractivity (Wildman–Crippen MR) is 179 cm³/mol. The SMILES string of the molecule is COC[C@H]1O[C@@H](OC(=O)[C@]23CC[C@@H](C)[C@@](C)(O)[C@H]2C2=CC[C@@H]4[C@@]5(C)C[C@@H](O)[C@H](O)[C@](C)(C(=O)OC)[C@@H]5CC[C@@]4(C)[C@]2(C)CC3)[C@H](O)[C@@H](O)[C@@H]1O. The van der Waals surface area contributed by atoms with E-state index in [1.807, 2.05) is 13.8 Å². The van der Waals surface area contributed by atoms with E-state index in [9.17, 15) is 40.2 Å². The summed E-state index contributed by atoms with van der Waals surface area (Å²) in [6.45, 7) is 12.1. The van der Waals surface area contributed by atoms with E-state index in [4.69, 9.17) is 18.9 Å². The van der Waals surface area contributed by atoms with Crippen LogP contribution < -0.4 is 0 Å². The number of carbonyl (C=O) groups is 2. The summed E-state index contributed by atoms with van der Waals surface area (Å²) < 4.78 is 22.1. The molecule has 1 heterocycles. The first-order valence-corrected chi connectivity index (χ1v) is 18.5. The molecule has 1 aliphatic heterocycles. The van der Waals surface area contributed by atoms with Crippen molar-refractivity contribution in [2.75, 3.05) is 20.8 Å². The minimum Gasteiger partial charge on any atom is -0.469 e. The van der Waals surface area contributed by atoms with Gasteiger partial charge >= 0.3 is 11.9 Å². The zero-order valence-electron chi connectivity index (χ0n) is 30.9. The van der Waals surface area contributed by atoms with Crippen LogP contribution in [-0.4, -0.2) is 112 Å². The second-order valence-electron chi connectivity index (χ2n) is 17.9. The van der Waals surface area contributed by atoms with Gasteiger partial charge in [0, 0.05) is 13.0 Å². The van der Waals surface area contributed by atoms with Crippen molar-refractivity contribution in [3.05, 3.63) is 11.6 Å². The van der Waals surface area contributed by atoms with Crippen molar-refractivity contribution in [3.63, 3.8) is 0 Å². The van der Waals surface area contributed by atoms with E-state index >= 15 is 0 Å². The highest BCUT2D eigenvalue weighted by Crippen LogP contribution is 2.76. The average molecular weight is 709 g/mol. The number of carbonyl (C=O) groups excluding carboxylic acids is 2. The molecule has 4 saturated carbocycles. The lowest BCUT2D eigenvalue weighted by molar-refractivity contribution is -0.300. The molecule has 0 amide bonds. The van der Waals surface area contributed by atoms with Gasteiger partial charge in [-0.25, -0.2) is 0 Å². The Morgan fingerprint density at radius 3 is 2.20 bits per heavy atom. The number of fused-ring (bicyclic) bond motifs is 7. The van der Waals surface area contributed by atoms with Crippen LogP contribution in [0.3, 0.4) is 0 Å². The number of esters is 2. The van der Waals surface area contributed by atoms with E-state index in [1.54, 1.807) is 6.92 Å². The van der Waals surface area contributed by atoms with Crippen LogP contribution in [-0.2, 0) is 28.5 Å². The molecule has 5 fully saturated rings. The Hall–Kier alpha value is -1.64. The lowest BCUT2D eigenvalue weighted by Crippen LogP contribution is -2.70. The second kappa shape index (κ2) is 12.5. The summed E-state index contributed by atoms with van der Waals surface area (Å²) in [5.74, 6) is -2.08. The highest BCUT2D eigenvalue weighted by atomic mass is 16.7. The van der Waals surface area contributed by atoms with Crippen LogP contribution in [0.1, 0.15) is 92.9 Å². The number of hydrogen-bond donors (Lipinski definition) is 6. The van der Waals surface area contributed by atoms with E-state index in [-0.39, 0.29) is 29.8 Å². The summed E-state index contributed by atoms with van der Waals surface area (Å²) in [6, 6.07) is 0. The molecule has 50 heavy (non-hydrogen) atoms. The van der Waals surface area contributed by atoms with Crippen molar-refractivity contribution < 1.29 is 59.2 Å². The molecular weight excluding hydrogens is 648 g/mol. The molecule has 12 nitrogen and oxygen atoms in total. The Balaban J connectivity index is 1.40. The maximum Gasteiger partial charge on any atom is 0.315 e. The molecule has 0 aromatic carbocycles. The van der Waals surface area contributed by atoms with E-state index in [0.29, 0.717) is 44.9 Å². The van der Waals surface area contributed by atoms with E-state index in [2.05, 4.69) is 26.8 Å². The standard InChI is InChI=1S/C38H60O12/c1-19-11-14-38(32(45)50-30-27(42)26(41)25(40)22(49-30)18-47-7)16-15-34(3)20(28(38)37(19,6)46)9-10-23-33(2)17-21(39)29(43)36(5,31(44)48-8)24(33)12-13-35(23,34)4/h9,19,21-30,39-43,46H,10-18H2,1-8H3/t19-,21-,22-,23-,24-,25-,26+,27-,28-,29+,30+,33-,34-,35-,36-,37-,38+/m1/s1. The molecule has 0 bridgehead atoms. The van der Waals surface area contributed by atoms with Crippen LogP contribution in [0.5, 0.6) is 0 Å². The molecule has 6 N–H and O–H groups in total. The third kappa shape index (κ3) is 4.91. The van der Waals surface area contributed by atoms with Gasteiger partial charge in [-0.3, -0.25) is 9.59 Å². The number of allylic oxidation sites excluding steroid dienone is 1. The third-order valence-electron chi connectivity index (χ3n) is 15.9. The molecule has 17 atom stereocenters. The van der Waals surface area contributed by atoms with Gasteiger partial charge in [0.1, 0.15) is 24.4 Å². The smallest absolute Gasteiger partial charge is 0.315 e. The van der Waals surface area contributed by atoms with Gasteiger partial charge < -0.3 is 49.6 Å². The van der Waals surface area contributed by atoms with Gasteiger partial charge in [-0.15, -0.1) is 0 Å². The number of methoxy groups -OCH3 is 2. The van der Waals surface area contributed by atoms with Gasteiger partial charge in [-0.05, 0) is 99.2 Å². The van der Waals surface area contributed by atoms with Crippen molar-refractivity contribution in [3.8, 4) is 0 Å². The molecule has 0 spiro atoms. The highest BCUT2D eigenvalue weighted by Gasteiger charge is 2.73. The fraction of sp³-hybridized carbons (Fsp3) is 0.895. The Morgan fingerprint density at radius 1 is 0.880 bits per heavy atom. The van der Waals surface area contributed by atoms with Crippen LogP contribution in [0.25, 0.3) is 0 Å². The largest absolute Gasteiger partial charge is 0.469 e. The summed E-state index contributed by atoms with van der Waals surface area (Å²) in [7, 11) is 2.73. The predicted octanol–water partition coefficient (Wildman–Crippen LogP) is 2.24. The molecule has 5 aliphatic carbocycles. The molecule has 0 unspecified atom stereocenters. The molecule has 284 valence electrons. The lowest BCUT2D eigenvalue weighted by atomic mass is 9.33. The molecule has 0 aromatic rings. The number of ether oxygens (including phenoxy) is 4. The maximum absolute atomic E-state index is 14.6. The number of hydrogen-bond acceptors (Lipinski definition) is 12. The van der Waals surface area contributed by atoms with E-state index in [0.717, 1.165) is 12.0 Å². The van der Waals surface area contributed by atoms with Crippen molar-refractivity contribution in [1.82, 2.24) is 0 Å². The van der Waals surface area contributed by atoms with Gasteiger partial charge in [0.2, 0.25) is 6.29 Å². The van der Waals surface area contributed by atoms with Crippen molar-refractivity contribution >= 4 is 11.9 Å².